The summed E-state index contributed by atoms with van der Waals surface area (Å²) in [6.45, 7) is 8.89. The molecule has 0 unspecified atom stereocenters. The van der Waals surface area contributed by atoms with E-state index >= 15 is 0 Å². The van der Waals surface area contributed by atoms with Crippen LogP contribution in [-0.2, 0) is 9.59 Å². The van der Waals surface area contributed by atoms with Crippen molar-refractivity contribution in [3.8, 4) is 11.5 Å². The van der Waals surface area contributed by atoms with Crippen molar-refractivity contribution in [2.75, 3.05) is 23.4 Å². The number of carbonyl (C=O) groups is 2. The van der Waals surface area contributed by atoms with Gasteiger partial charge in [0, 0.05) is 11.8 Å². The Kier molecular flexibility index (Phi) is 5.36. The molecule has 172 valence electrons. The van der Waals surface area contributed by atoms with Gasteiger partial charge in [-0.15, -0.1) is 0 Å². The van der Waals surface area contributed by atoms with E-state index in [2.05, 4.69) is 5.32 Å². The second kappa shape index (κ2) is 8.37. The molecule has 2 aliphatic heterocycles. The van der Waals surface area contributed by atoms with Crippen molar-refractivity contribution < 1.29 is 19.1 Å². The van der Waals surface area contributed by atoms with Gasteiger partial charge in [0.25, 0.3) is 11.8 Å². The molecule has 5 rings (SSSR count). The van der Waals surface area contributed by atoms with Crippen molar-refractivity contribution >= 4 is 28.8 Å². The molecule has 0 saturated carbocycles. The van der Waals surface area contributed by atoms with E-state index in [4.69, 9.17) is 9.47 Å². The van der Waals surface area contributed by atoms with Crippen LogP contribution in [0.3, 0.4) is 0 Å². The summed E-state index contributed by atoms with van der Waals surface area (Å²) in [6.07, 6.45) is 0. The molecule has 2 amide bonds. The minimum atomic E-state index is -0.391. The van der Waals surface area contributed by atoms with Crippen LogP contribution in [0.15, 0.2) is 60.3 Å². The van der Waals surface area contributed by atoms with E-state index in [9.17, 15) is 9.59 Å². The molecule has 0 atom stereocenters. The van der Waals surface area contributed by atoms with E-state index in [-0.39, 0.29) is 11.6 Å². The fraction of sp³-hybridized carbons (Fsp3) is 0.214. The van der Waals surface area contributed by atoms with Gasteiger partial charge in [0.2, 0.25) is 0 Å². The SMILES string of the molecule is Cc1ccc(C2=C(Nc3ccc4c(c3)OCCO4)C(=O)N(c3ccc(C)c(C)c3)C2=O)c(C)c1. The van der Waals surface area contributed by atoms with Crippen molar-refractivity contribution in [2.24, 2.45) is 0 Å². The van der Waals surface area contributed by atoms with Crippen LogP contribution in [0, 0.1) is 27.7 Å². The first-order valence-corrected chi connectivity index (χ1v) is 11.3. The summed E-state index contributed by atoms with van der Waals surface area (Å²) in [5, 5.41) is 3.22. The number of hydrogen-bond donors (Lipinski definition) is 1. The van der Waals surface area contributed by atoms with E-state index in [0.29, 0.717) is 41.7 Å². The minimum absolute atomic E-state index is 0.242. The quantitative estimate of drug-likeness (QED) is 0.557. The van der Waals surface area contributed by atoms with Crippen molar-refractivity contribution in [3.05, 3.63) is 88.1 Å². The van der Waals surface area contributed by atoms with Gasteiger partial charge < -0.3 is 14.8 Å². The molecule has 3 aromatic rings. The maximum Gasteiger partial charge on any atom is 0.282 e. The third-order valence-electron chi connectivity index (χ3n) is 6.30. The number of nitrogens with one attached hydrogen (secondary N) is 1. The number of imide groups is 1. The molecule has 0 saturated heterocycles. The van der Waals surface area contributed by atoms with E-state index in [1.54, 1.807) is 12.1 Å². The van der Waals surface area contributed by atoms with Crippen LogP contribution in [-0.4, -0.2) is 25.0 Å². The molecule has 3 aromatic carbocycles. The predicted octanol–water partition coefficient (Wildman–Crippen LogP) is 5.09. The van der Waals surface area contributed by atoms with Crippen molar-refractivity contribution in [1.82, 2.24) is 0 Å². The zero-order chi connectivity index (χ0) is 24.0. The zero-order valence-corrected chi connectivity index (χ0v) is 19.7. The van der Waals surface area contributed by atoms with E-state index in [1.165, 1.54) is 4.90 Å². The molecule has 0 fully saturated rings. The summed E-state index contributed by atoms with van der Waals surface area (Å²) >= 11 is 0. The lowest BCUT2D eigenvalue weighted by atomic mass is 9.97. The molecule has 1 N–H and O–H groups in total. The number of aryl methyl sites for hydroxylation is 4. The van der Waals surface area contributed by atoms with Gasteiger partial charge in [0.15, 0.2) is 11.5 Å². The molecule has 0 spiro atoms. The van der Waals surface area contributed by atoms with Crippen LogP contribution in [0.25, 0.3) is 5.57 Å². The number of anilines is 2. The summed E-state index contributed by atoms with van der Waals surface area (Å²) < 4.78 is 11.3. The lowest BCUT2D eigenvalue weighted by Crippen LogP contribution is -2.32. The largest absolute Gasteiger partial charge is 0.486 e. The van der Waals surface area contributed by atoms with Crippen LogP contribution in [0.2, 0.25) is 0 Å². The smallest absolute Gasteiger partial charge is 0.282 e. The maximum absolute atomic E-state index is 13.7. The summed E-state index contributed by atoms with van der Waals surface area (Å²) in [5.41, 5.74) is 6.66. The summed E-state index contributed by atoms with van der Waals surface area (Å²) in [7, 11) is 0. The molecule has 0 bridgehead atoms. The first kappa shape index (κ1) is 21.8. The van der Waals surface area contributed by atoms with Crippen LogP contribution in [0.1, 0.15) is 27.8 Å². The summed E-state index contributed by atoms with van der Waals surface area (Å²) in [6, 6.07) is 16.9. The number of fused-ring (bicyclic) bond motifs is 1. The van der Waals surface area contributed by atoms with Crippen molar-refractivity contribution in [2.45, 2.75) is 27.7 Å². The Morgan fingerprint density at radius 2 is 1.50 bits per heavy atom. The van der Waals surface area contributed by atoms with Gasteiger partial charge in [0.05, 0.1) is 11.3 Å². The fourth-order valence-electron chi connectivity index (χ4n) is 4.35. The van der Waals surface area contributed by atoms with Crippen LogP contribution in [0.5, 0.6) is 11.5 Å². The van der Waals surface area contributed by atoms with Gasteiger partial charge in [-0.25, -0.2) is 4.90 Å². The number of rotatable bonds is 4. The number of benzene rings is 3. The molecule has 0 aromatic heterocycles. The third kappa shape index (κ3) is 3.71. The Bertz CT molecular complexity index is 1370. The Labute approximate surface area is 198 Å². The zero-order valence-electron chi connectivity index (χ0n) is 19.7. The van der Waals surface area contributed by atoms with Crippen molar-refractivity contribution in [1.29, 1.82) is 0 Å². The van der Waals surface area contributed by atoms with Gasteiger partial charge in [-0.05, 0) is 74.2 Å². The van der Waals surface area contributed by atoms with E-state index in [0.717, 1.165) is 27.8 Å². The molecule has 6 nitrogen and oxygen atoms in total. The molecule has 6 heteroatoms. The highest BCUT2D eigenvalue weighted by Gasteiger charge is 2.41. The minimum Gasteiger partial charge on any atom is -0.486 e. The monoisotopic (exact) mass is 454 g/mol. The highest BCUT2D eigenvalue weighted by atomic mass is 16.6. The second-order valence-corrected chi connectivity index (χ2v) is 8.77. The highest BCUT2D eigenvalue weighted by molar-refractivity contribution is 6.46. The number of nitrogens with zero attached hydrogens (tertiary/aromatic N) is 1. The fourth-order valence-corrected chi connectivity index (χ4v) is 4.35. The van der Waals surface area contributed by atoms with Crippen LogP contribution < -0.4 is 19.7 Å². The molecule has 2 heterocycles. The molecular formula is C28H26N2O4. The van der Waals surface area contributed by atoms with E-state index < -0.39 is 5.91 Å². The van der Waals surface area contributed by atoms with E-state index in [1.807, 2.05) is 70.2 Å². The lowest BCUT2D eigenvalue weighted by molar-refractivity contribution is -0.120. The van der Waals surface area contributed by atoms with Crippen LogP contribution in [0.4, 0.5) is 11.4 Å². The first-order valence-electron chi connectivity index (χ1n) is 11.3. The Morgan fingerprint density at radius 3 is 2.24 bits per heavy atom. The molecule has 0 radical (unpaired) electrons. The number of hydrogen-bond acceptors (Lipinski definition) is 5. The second-order valence-electron chi connectivity index (χ2n) is 8.77. The Morgan fingerprint density at radius 1 is 0.735 bits per heavy atom. The summed E-state index contributed by atoms with van der Waals surface area (Å²) in [4.78, 5) is 28.7. The van der Waals surface area contributed by atoms with Gasteiger partial charge in [-0.1, -0.05) is 29.8 Å². The number of amides is 2. The predicted molar refractivity (Wildman–Crippen MR) is 132 cm³/mol. The topological polar surface area (TPSA) is 67.9 Å². The normalized spacial score (nSPS) is 15.2. The molecule has 0 aliphatic carbocycles. The standard InChI is InChI=1S/C28H26N2O4/c1-16-5-9-22(19(4)13-16)25-26(29-20-7-10-23-24(15-20)34-12-11-33-23)28(32)30(27(25)31)21-8-6-17(2)18(3)14-21/h5-10,13-15,29H,11-12H2,1-4H3. The first-order chi connectivity index (χ1) is 16.3. The average Bonchev–Trinajstić information content (AvgIpc) is 3.05. The maximum atomic E-state index is 13.7. The Hall–Kier alpha value is -4.06. The highest BCUT2D eigenvalue weighted by Crippen LogP contribution is 2.38. The number of carbonyl (C=O) groups excluding carboxylic acids is 2. The van der Waals surface area contributed by atoms with Crippen LogP contribution >= 0.6 is 0 Å². The third-order valence-corrected chi connectivity index (χ3v) is 6.30. The van der Waals surface area contributed by atoms with Crippen molar-refractivity contribution in [3.63, 3.8) is 0 Å². The average molecular weight is 455 g/mol. The lowest BCUT2D eigenvalue weighted by Gasteiger charge is -2.19. The molecular weight excluding hydrogens is 428 g/mol. The summed E-state index contributed by atoms with van der Waals surface area (Å²) in [5.74, 6) is 0.525. The Balaban J connectivity index is 1.62. The van der Waals surface area contributed by atoms with Gasteiger partial charge >= 0.3 is 0 Å². The number of ether oxygens (including phenoxy) is 2. The van der Waals surface area contributed by atoms with Gasteiger partial charge in [-0.2, -0.15) is 0 Å². The van der Waals surface area contributed by atoms with Gasteiger partial charge in [0.1, 0.15) is 18.9 Å². The molecule has 2 aliphatic rings. The van der Waals surface area contributed by atoms with Gasteiger partial charge in [-0.3, -0.25) is 9.59 Å². The molecule has 34 heavy (non-hydrogen) atoms.